The average Bonchev–Trinajstić information content (AvgIpc) is 2.38. The van der Waals surface area contributed by atoms with Gasteiger partial charge < -0.3 is 15.5 Å². The van der Waals surface area contributed by atoms with E-state index in [0.29, 0.717) is 11.5 Å². The molecule has 0 radical (unpaired) electrons. The van der Waals surface area contributed by atoms with E-state index in [2.05, 4.69) is 43.2 Å². The van der Waals surface area contributed by atoms with Crippen LogP contribution in [-0.2, 0) is 4.79 Å². The first-order valence-electron chi connectivity index (χ1n) is 7.63. The van der Waals surface area contributed by atoms with Gasteiger partial charge in [-0.05, 0) is 31.1 Å². The van der Waals surface area contributed by atoms with Gasteiger partial charge in [0.1, 0.15) is 0 Å². The van der Waals surface area contributed by atoms with Crippen molar-refractivity contribution in [1.29, 1.82) is 0 Å². The summed E-state index contributed by atoms with van der Waals surface area (Å²) in [6, 6.07) is 0.443. The number of nitrogens with zero attached hydrogens (tertiary/aromatic N) is 1. The number of amides is 1. The molecule has 0 bridgehead atoms. The van der Waals surface area contributed by atoms with Crippen LogP contribution in [0.4, 0.5) is 0 Å². The maximum Gasteiger partial charge on any atom is 0.241 e. The van der Waals surface area contributed by atoms with E-state index < -0.39 is 0 Å². The maximum absolute atomic E-state index is 12.4. The first-order valence-corrected chi connectivity index (χ1v) is 7.63. The molecule has 2 unspecified atom stereocenters. The van der Waals surface area contributed by atoms with Crippen molar-refractivity contribution in [2.75, 3.05) is 26.2 Å². The largest absolute Gasteiger partial charge is 0.341 e. The summed E-state index contributed by atoms with van der Waals surface area (Å²) in [5, 5.41) is 6.73. The predicted molar refractivity (Wildman–Crippen MR) is 78.0 cm³/mol. The Morgan fingerprint density at radius 2 is 1.74 bits per heavy atom. The first-order chi connectivity index (χ1) is 8.88. The second-order valence-electron chi connectivity index (χ2n) is 7.24. The number of carbonyl (C=O) groups is 1. The van der Waals surface area contributed by atoms with Gasteiger partial charge in [0.05, 0.1) is 6.04 Å². The smallest absolute Gasteiger partial charge is 0.241 e. The van der Waals surface area contributed by atoms with Gasteiger partial charge in [-0.25, -0.2) is 0 Å². The predicted octanol–water partition coefficient (Wildman–Crippen LogP) is 1.22. The van der Waals surface area contributed by atoms with E-state index in [1.165, 1.54) is 0 Å². The van der Waals surface area contributed by atoms with Crippen molar-refractivity contribution in [2.45, 2.75) is 52.6 Å². The first kappa shape index (κ1) is 14.8. The molecule has 1 amide bonds. The van der Waals surface area contributed by atoms with Crippen LogP contribution in [0.25, 0.3) is 0 Å². The van der Waals surface area contributed by atoms with Crippen LogP contribution in [0.2, 0.25) is 0 Å². The second-order valence-corrected chi connectivity index (χ2v) is 7.24. The molecule has 2 aliphatic heterocycles. The molecule has 19 heavy (non-hydrogen) atoms. The molecular formula is C15H29N3O. The number of piperidine rings is 1. The van der Waals surface area contributed by atoms with E-state index in [1.54, 1.807) is 0 Å². The highest BCUT2D eigenvalue weighted by Crippen LogP contribution is 2.34. The number of hydrogen-bond acceptors (Lipinski definition) is 3. The Hall–Kier alpha value is -0.610. The number of likely N-dealkylation sites (tertiary alicyclic amines) is 1. The number of piperazine rings is 1. The monoisotopic (exact) mass is 267 g/mol. The lowest BCUT2D eigenvalue weighted by atomic mass is 9.75. The minimum Gasteiger partial charge on any atom is -0.341 e. The Morgan fingerprint density at radius 1 is 1.11 bits per heavy atom. The van der Waals surface area contributed by atoms with Crippen LogP contribution >= 0.6 is 0 Å². The summed E-state index contributed by atoms with van der Waals surface area (Å²) >= 11 is 0. The molecule has 2 fully saturated rings. The minimum absolute atomic E-state index is 0.0256. The standard InChI is InChI=1S/C15H29N3O/c1-11-9-17-13(10-16-11)14(19)18-7-5-12(6-8-18)15(2,3)4/h11-13,16-17H,5-10H2,1-4H3. The maximum atomic E-state index is 12.4. The van der Waals surface area contributed by atoms with E-state index in [0.717, 1.165) is 44.9 Å². The number of nitrogens with one attached hydrogen (secondary N) is 2. The zero-order chi connectivity index (χ0) is 14.0. The summed E-state index contributed by atoms with van der Waals surface area (Å²) in [7, 11) is 0. The summed E-state index contributed by atoms with van der Waals surface area (Å²) in [6.45, 7) is 12.6. The number of carbonyl (C=O) groups excluding carboxylic acids is 1. The third kappa shape index (κ3) is 3.69. The summed E-state index contributed by atoms with van der Waals surface area (Å²) in [6.07, 6.45) is 2.29. The lowest BCUT2D eigenvalue weighted by Crippen LogP contribution is -2.60. The molecule has 2 aliphatic rings. The van der Waals surface area contributed by atoms with Gasteiger partial charge in [-0.15, -0.1) is 0 Å². The van der Waals surface area contributed by atoms with Gasteiger partial charge in [0.25, 0.3) is 0 Å². The molecule has 0 spiro atoms. The van der Waals surface area contributed by atoms with E-state index in [-0.39, 0.29) is 11.9 Å². The van der Waals surface area contributed by atoms with Crippen LogP contribution in [0, 0.1) is 11.3 Å². The van der Waals surface area contributed by atoms with Crippen LogP contribution < -0.4 is 10.6 Å². The number of rotatable bonds is 1. The average molecular weight is 267 g/mol. The van der Waals surface area contributed by atoms with Crippen molar-refractivity contribution in [1.82, 2.24) is 15.5 Å². The van der Waals surface area contributed by atoms with Crippen LogP contribution in [-0.4, -0.2) is 49.1 Å². The quantitative estimate of drug-likeness (QED) is 0.751. The van der Waals surface area contributed by atoms with Crippen molar-refractivity contribution in [2.24, 2.45) is 11.3 Å². The molecular weight excluding hydrogens is 238 g/mol. The van der Waals surface area contributed by atoms with Crippen molar-refractivity contribution in [3.8, 4) is 0 Å². The molecule has 2 heterocycles. The fraction of sp³-hybridized carbons (Fsp3) is 0.933. The van der Waals surface area contributed by atoms with Crippen molar-refractivity contribution in [3.63, 3.8) is 0 Å². The van der Waals surface area contributed by atoms with Gasteiger partial charge in [-0.2, -0.15) is 0 Å². The third-order valence-corrected chi connectivity index (χ3v) is 4.67. The van der Waals surface area contributed by atoms with E-state index in [9.17, 15) is 4.79 Å². The molecule has 0 saturated carbocycles. The molecule has 4 heteroatoms. The lowest BCUT2D eigenvalue weighted by molar-refractivity contribution is -0.135. The highest BCUT2D eigenvalue weighted by molar-refractivity contribution is 5.82. The molecule has 0 aliphatic carbocycles. The summed E-state index contributed by atoms with van der Waals surface area (Å²) in [5.74, 6) is 1.03. The van der Waals surface area contributed by atoms with Crippen molar-refractivity contribution in [3.05, 3.63) is 0 Å². The van der Waals surface area contributed by atoms with Gasteiger partial charge in [0.2, 0.25) is 5.91 Å². The van der Waals surface area contributed by atoms with Crippen LogP contribution in [0.15, 0.2) is 0 Å². The Balaban J connectivity index is 1.82. The molecule has 110 valence electrons. The zero-order valence-corrected chi connectivity index (χ0v) is 12.8. The molecule has 0 aromatic carbocycles. The van der Waals surface area contributed by atoms with Crippen LogP contribution in [0.5, 0.6) is 0 Å². The normalized spacial score (nSPS) is 30.4. The molecule has 0 aromatic rings. The fourth-order valence-electron chi connectivity index (χ4n) is 3.14. The van der Waals surface area contributed by atoms with E-state index >= 15 is 0 Å². The fourth-order valence-corrected chi connectivity index (χ4v) is 3.14. The Labute approximate surface area is 117 Å². The Morgan fingerprint density at radius 3 is 2.21 bits per heavy atom. The summed E-state index contributed by atoms with van der Waals surface area (Å²) in [4.78, 5) is 14.5. The third-order valence-electron chi connectivity index (χ3n) is 4.67. The molecule has 4 nitrogen and oxygen atoms in total. The van der Waals surface area contributed by atoms with Crippen molar-refractivity contribution >= 4 is 5.91 Å². The lowest BCUT2D eigenvalue weighted by Gasteiger charge is -2.40. The topological polar surface area (TPSA) is 44.4 Å². The molecule has 2 atom stereocenters. The Bertz CT molecular complexity index is 308. The van der Waals surface area contributed by atoms with Gasteiger partial charge in [0, 0.05) is 32.2 Å². The van der Waals surface area contributed by atoms with Crippen molar-refractivity contribution < 1.29 is 4.79 Å². The SMILES string of the molecule is CC1CNC(C(=O)N2CCC(C(C)(C)C)CC2)CN1. The van der Waals surface area contributed by atoms with Gasteiger partial charge in [0.15, 0.2) is 0 Å². The molecule has 0 aromatic heterocycles. The minimum atomic E-state index is -0.0256. The van der Waals surface area contributed by atoms with Crippen LogP contribution in [0.3, 0.4) is 0 Å². The number of hydrogen-bond donors (Lipinski definition) is 2. The molecule has 2 saturated heterocycles. The Kier molecular flexibility index (Phi) is 4.51. The highest BCUT2D eigenvalue weighted by Gasteiger charge is 2.33. The van der Waals surface area contributed by atoms with E-state index in [4.69, 9.17) is 0 Å². The van der Waals surface area contributed by atoms with Gasteiger partial charge >= 0.3 is 0 Å². The zero-order valence-electron chi connectivity index (χ0n) is 12.8. The van der Waals surface area contributed by atoms with Crippen LogP contribution in [0.1, 0.15) is 40.5 Å². The van der Waals surface area contributed by atoms with Gasteiger partial charge in [-0.1, -0.05) is 20.8 Å². The molecule has 2 N–H and O–H groups in total. The summed E-state index contributed by atoms with van der Waals surface area (Å²) < 4.78 is 0. The van der Waals surface area contributed by atoms with Gasteiger partial charge in [-0.3, -0.25) is 4.79 Å². The summed E-state index contributed by atoms with van der Waals surface area (Å²) in [5.41, 5.74) is 0.370. The van der Waals surface area contributed by atoms with E-state index in [1.807, 2.05) is 0 Å². The molecule has 2 rings (SSSR count). The highest BCUT2D eigenvalue weighted by atomic mass is 16.2. The second kappa shape index (κ2) is 5.80.